The summed E-state index contributed by atoms with van der Waals surface area (Å²) in [5.41, 5.74) is 3.69. The van der Waals surface area contributed by atoms with Gasteiger partial charge in [-0.2, -0.15) is 0 Å². The van der Waals surface area contributed by atoms with Crippen LogP contribution in [-0.2, 0) is 12.8 Å². The first-order chi connectivity index (χ1) is 10.0. The molecule has 112 valence electrons. The number of nitrogens with two attached hydrogens (primary N) is 1. The quantitative estimate of drug-likeness (QED) is 0.434. The van der Waals surface area contributed by atoms with Gasteiger partial charge in [-0.25, -0.2) is 8.78 Å². The minimum Gasteiger partial charge on any atom is -0.271 e. The highest BCUT2D eigenvalue weighted by molar-refractivity contribution is 9.10. The standard InChI is InChI=1S/C15H14Br2F2N2/c16-10-3-1-2-9(6-10)7-11(21-20)8-12-14(18)5-4-13(17)15(12)19/h1-6,11,21H,7-8,20H2. The summed E-state index contributed by atoms with van der Waals surface area (Å²) in [6.07, 6.45) is 0.738. The van der Waals surface area contributed by atoms with Gasteiger partial charge in [0.15, 0.2) is 0 Å². The van der Waals surface area contributed by atoms with E-state index in [1.165, 1.54) is 12.1 Å². The van der Waals surface area contributed by atoms with Crippen LogP contribution >= 0.6 is 31.9 Å². The van der Waals surface area contributed by atoms with E-state index >= 15 is 0 Å². The zero-order chi connectivity index (χ0) is 15.4. The molecule has 2 aromatic rings. The van der Waals surface area contributed by atoms with Gasteiger partial charge in [-0.05, 0) is 58.6 Å². The van der Waals surface area contributed by atoms with E-state index in [1.54, 1.807) is 0 Å². The lowest BCUT2D eigenvalue weighted by Crippen LogP contribution is -2.38. The molecular formula is C15H14Br2F2N2. The molecule has 1 atom stereocenters. The van der Waals surface area contributed by atoms with Crippen LogP contribution < -0.4 is 11.3 Å². The van der Waals surface area contributed by atoms with Crippen molar-refractivity contribution in [2.24, 2.45) is 5.84 Å². The maximum absolute atomic E-state index is 14.0. The average Bonchev–Trinajstić information content (AvgIpc) is 2.46. The Morgan fingerprint density at radius 3 is 2.52 bits per heavy atom. The van der Waals surface area contributed by atoms with Crippen LogP contribution in [0.1, 0.15) is 11.1 Å². The molecule has 1 unspecified atom stereocenters. The van der Waals surface area contributed by atoms with Gasteiger partial charge in [-0.1, -0.05) is 28.1 Å². The summed E-state index contributed by atoms with van der Waals surface area (Å²) in [4.78, 5) is 0. The molecule has 0 radical (unpaired) electrons. The van der Waals surface area contributed by atoms with Crippen LogP contribution in [0.4, 0.5) is 8.78 Å². The highest BCUT2D eigenvalue weighted by atomic mass is 79.9. The third-order valence-corrected chi connectivity index (χ3v) is 4.30. The Morgan fingerprint density at radius 1 is 1.10 bits per heavy atom. The zero-order valence-electron chi connectivity index (χ0n) is 11.0. The Bertz CT molecular complexity index is 635. The van der Waals surface area contributed by atoms with Gasteiger partial charge < -0.3 is 0 Å². The van der Waals surface area contributed by atoms with Gasteiger partial charge in [0, 0.05) is 16.1 Å². The van der Waals surface area contributed by atoms with Crippen molar-refractivity contribution in [3.63, 3.8) is 0 Å². The van der Waals surface area contributed by atoms with Crippen molar-refractivity contribution in [2.75, 3.05) is 0 Å². The molecule has 0 heterocycles. The van der Waals surface area contributed by atoms with Crippen molar-refractivity contribution >= 4 is 31.9 Å². The molecule has 0 bridgehead atoms. The Labute approximate surface area is 139 Å². The fourth-order valence-corrected chi connectivity index (χ4v) is 2.96. The summed E-state index contributed by atoms with van der Waals surface area (Å²) in [6.45, 7) is 0. The second-order valence-electron chi connectivity index (χ2n) is 4.72. The van der Waals surface area contributed by atoms with E-state index in [9.17, 15) is 8.78 Å². The summed E-state index contributed by atoms with van der Waals surface area (Å²) >= 11 is 6.46. The summed E-state index contributed by atoms with van der Waals surface area (Å²) in [5.74, 6) is 4.38. The first-order valence-electron chi connectivity index (χ1n) is 6.34. The second-order valence-corrected chi connectivity index (χ2v) is 6.49. The van der Waals surface area contributed by atoms with E-state index in [2.05, 4.69) is 37.3 Å². The van der Waals surface area contributed by atoms with E-state index in [-0.39, 0.29) is 22.5 Å². The summed E-state index contributed by atoms with van der Waals surface area (Å²) in [7, 11) is 0. The second kappa shape index (κ2) is 7.45. The average molecular weight is 420 g/mol. The van der Waals surface area contributed by atoms with Crippen LogP contribution in [0.25, 0.3) is 0 Å². The minimum atomic E-state index is -0.579. The first kappa shape index (κ1) is 16.5. The molecule has 2 aromatic carbocycles. The van der Waals surface area contributed by atoms with Crippen LogP contribution in [-0.4, -0.2) is 6.04 Å². The molecule has 2 nitrogen and oxygen atoms in total. The first-order valence-corrected chi connectivity index (χ1v) is 7.92. The summed E-state index contributed by atoms with van der Waals surface area (Å²) < 4.78 is 29.0. The molecule has 0 fully saturated rings. The van der Waals surface area contributed by atoms with Gasteiger partial charge >= 0.3 is 0 Å². The molecule has 0 amide bonds. The predicted octanol–water partition coefficient (Wildman–Crippen LogP) is 4.11. The number of hydrazine groups is 1. The van der Waals surface area contributed by atoms with Crippen LogP contribution in [0.5, 0.6) is 0 Å². The molecule has 3 N–H and O–H groups in total. The Balaban J connectivity index is 2.18. The van der Waals surface area contributed by atoms with E-state index in [1.807, 2.05) is 24.3 Å². The van der Waals surface area contributed by atoms with Crippen molar-refractivity contribution in [1.29, 1.82) is 0 Å². The highest BCUT2D eigenvalue weighted by Crippen LogP contribution is 2.23. The molecule has 2 rings (SSSR count). The molecule has 6 heteroatoms. The number of benzene rings is 2. The smallest absolute Gasteiger partial charge is 0.143 e. The molecular weight excluding hydrogens is 406 g/mol. The topological polar surface area (TPSA) is 38.0 Å². The lowest BCUT2D eigenvalue weighted by Gasteiger charge is -2.17. The molecule has 0 saturated carbocycles. The van der Waals surface area contributed by atoms with Gasteiger partial charge in [0.2, 0.25) is 0 Å². The van der Waals surface area contributed by atoms with Gasteiger partial charge in [0.05, 0.1) is 4.47 Å². The SMILES string of the molecule is NNC(Cc1cccc(Br)c1)Cc1c(F)ccc(Br)c1F. The zero-order valence-corrected chi connectivity index (χ0v) is 14.2. The third-order valence-electron chi connectivity index (χ3n) is 3.20. The molecule has 0 aromatic heterocycles. The van der Waals surface area contributed by atoms with Crippen molar-refractivity contribution in [3.8, 4) is 0 Å². The Morgan fingerprint density at radius 2 is 1.86 bits per heavy atom. The maximum atomic E-state index is 14.0. The molecule has 0 aliphatic carbocycles. The molecule has 21 heavy (non-hydrogen) atoms. The normalized spacial score (nSPS) is 12.4. The number of halogens is 4. The summed E-state index contributed by atoms with van der Waals surface area (Å²) in [5, 5.41) is 0. The van der Waals surface area contributed by atoms with Crippen LogP contribution in [0.15, 0.2) is 45.3 Å². The fraction of sp³-hybridized carbons (Fsp3) is 0.200. The third kappa shape index (κ3) is 4.32. The lowest BCUT2D eigenvalue weighted by molar-refractivity contribution is 0.483. The van der Waals surface area contributed by atoms with Gasteiger partial charge in [-0.15, -0.1) is 0 Å². The van der Waals surface area contributed by atoms with Gasteiger partial charge in [-0.3, -0.25) is 11.3 Å². The largest absolute Gasteiger partial charge is 0.271 e. The van der Waals surface area contributed by atoms with Crippen molar-refractivity contribution in [1.82, 2.24) is 5.43 Å². The number of hydrogen-bond acceptors (Lipinski definition) is 2. The predicted molar refractivity (Wildman–Crippen MR) is 86.7 cm³/mol. The van der Waals surface area contributed by atoms with E-state index in [0.29, 0.717) is 6.42 Å². The minimum absolute atomic E-state index is 0.0299. The van der Waals surface area contributed by atoms with E-state index in [4.69, 9.17) is 5.84 Å². The van der Waals surface area contributed by atoms with Gasteiger partial charge in [0.25, 0.3) is 0 Å². The maximum Gasteiger partial charge on any atom is 0.143 e. The van der Waals surface area contributed by atoms with E-state index < -0.39 is 11.6 Å². The number of hydrogen-bond donors (Lipinski definition) is 2. The molecule has 0 aliphatic heterocycles. The highest BCUT2D eigenvalue weighted by Gasteiger charge is 2.17. The van der Waals surface area contributed by atoms with Crippen molar-refractivity contribution < 1.29 is 8.78 Å². The summed E-state index contributed by atoms with van der Waals surface area (Å²) in [6, 6.07) is 10.1. The van der Waals surface area contributed by atoms with Crippen LogP contribution in [0.3, 0.4) is 0 Å². The van der Waals surface area contributed by atoms with E-state index in [0.717, 1.165) is 10.0 Å². The Hall–Kier alpha value is -0.820. The monoisotopic (exact) mass is 418 g/mol. The molecule has 0 aliphatic rings. The lowest BCUT2D eigenvalue weighted by atomic mass is 9.99. The molecule has 0 saturated heterocycles. The van der Waals surface area contributed by atoms with Crippen LogP contribution in [0, 0.1) is 11.6 Å². The van der Waals surface area contributed by atoms with Crippen molar-refractivity contribution in [3.05, 3.63) is 68.1 Å². The Kier molecular flexibility index (Phi) is 5.87. The fourth-order valence-electron chi connectivity index (χ4n) is 2.14. The van der Waals surface area contributed by atoms with Gasteiger partial charge in [0.1, 0.15) is 11.6 Å². The number of rotatable bonds is 5. The molecule has 0 spiro atoms. The van der Waals surface area contributed by atoms with Crippen molar-refractivity contribution in [2.45, 2.75) is 18.9 Å². The van der Waals surface area contributed by atoms with Crippen LogP contribution in [0.2, 0.25) is 0 Å². The number of nitrogens with one attached hydrogen (secondary N) is 1.